The molecule has 0 aliphatic rings. The SMILES string of the molecule is O=C(NCc1ccccc1)Nc1cc(F)cc(F)c1O. The van der Waals surface area contributed by atoms with Crippen LogP contribution in [0, 0.1) is 11.6 Å². The average Bonchev–Trinajstić information content (AvgIpc) is 2.43. The van der Waals surface area contributed by atoms with Gasteiger partial charge in [0, 0.05) is 18.7 Å². The molecular formula is C14H12F2N2O2. The number of amides is 2. The summed E-state index contributed by atoms with van der Waals surface area (Å²) in [6.45, 7) is 0.255. The Kier molecular flexibility index (Phi) is 4.14. The zero-order chi connectivity index (χ0) is 14.5. The number of anilines is 1. The number of benzene rings is 2. The lowest BCUT2D eigenvalue weighted by molar-refractivity contribution is 0.251. The predicted molar refractivity (Wildman–Crippen MR) is 70.3 cm³/mol. The Balaban J connectivity index is 1.98. The Morgan fingerprint density at radius 3 is 2.55 bits per heavy atom. The standard InChI is InChI=1S/C14H12F2N2O2/c15-10-6-11(16)13(19)12(7-10)18-14(20)17-8-9-4-2-1-3-5-9/h1-7,19H,8H2,(H2,17,18,20). The van der Waals surface area contributed by atoms with Gasteiger partial charge in [0.15, 0.2) is 11.6 Å². The number of urea groups is 1. The molecule has 0 aliphatic heterocycles. The van der Waals surface area contributed by atoms with Crippen molar-refractivity contribution < 1.29 is 18.7 Å². The molecule has 2 amide bonds. The Hall–Kier alpha value is -2.63. The van der Waals surface area contributed by atoms with Crippen molar-refractivity contribution in [2.75, 3.05) is 5.32 Å². The molecule has 0 unspecified atom stereocenters. The average molecular weight is 278 g/mol. The summed E-state index contributed by atoms with van der Waals surface area (Å²) in [6, 6.07) is 9.82. The summed E-state index contributed by atoms with van der Waals surface area (Å²) in [5.74, 6) is -2.83. The first-order valence-electron chi connectivity index (χ1n) is 5.83. The van der Waals surface area contributed by atoms with Crippen molar-refractivity contribution in [2.24, 2.45) is 0 Å². The molecule has 0 aromatic heterocycles. The lowest BCUT2D eigenvalue weighted by Gasteiger charge is -2.09. The van der Waals surface area contributed by atoms with Crippen LogP contribution in [0.4, 0.5) is 19.3 Å². The number of phenols is 1. The van der Waals surface area contributed by atoms with E-state index in [-0.39, 0.29) is 12.2 Å². The molecule has 0 saturated heterocycles. The summed E-state index contributed by atoms with van der Waals surface area (Å²) >= 11 is 0. The Bertz CT molecular complexity index is 618. The van der Waals surface area contributed by atoms with Crippen molar-refractivity contribution in [3.8, 4) is 5.75 Å². The molecule has 104 valence electrons. The first-order chi connectivity index (χ1) is 9.56. The summed E-state index contributed by atoms with van der Waals surface area (Å²) < 4.78 is 26.1. The second kappa shape index (κ2) is 6.01. The van der Waals surface area contributed by atoms with E-state index >= 15 is 0 Å². The van der Waals surface area contributed by atoms with Crippen LogP contribution in [0.25, 0.3) is 0 Å². The molecule has 0 spiro atoms. The van der Waals surface area contributed by atoms with Crippen LogP contribution < -0.4 is 10.6 Å². The number of halogens is 2. The van der Waals surface area contributed by atoms with Gasteiger partial charge in [-0.15, -0.1) is 0 Å². The lowest BCUT2D eigenvalue weighted by atomic mass is 10.2. The third-order valence-corrected chi connectivity index (χ3v) is 2.57. The molecule has 0 aliphatic carbocycles. The monoisotopic (exact) mass is 278 g/mol. The van der Waals surface area contributed by atoms with Crippen LogP contribution in [0.2, 0.25) is 0 Å². The van der Waals surface area contributed by atoms with E-state index in [1.807, 2.05) is 30.3 Å². The number of nitrogens with one attached hydrogen (secondary N) is 2. The van der Waals surface area contributed by atoms with Gasteiger partial charge >= 0.3 is 6.03 Å². The molecule has 2 aromatic carbocycles. The van der Waals surface area contributed by atoms with Crippen LogP contribution in [0.1, 0.15) is 5.56 Å². The maximum absolute atomic E-state index is 13.1. The number of carbonyl (C=O) groups excluding carboxylic acids is 1. The normalized spacial score (nSPS) is 10.1. The molecule has 0 bridgehead atoms. The minimum Gasteiger partial charge on any atom is -0.503 e. The first kappa shape index (κ1) is 13.8. The lowest BCUT2D eigenvalue weighted by Crippen LogP contribution is -2.28. The van der Waals surface area contributed by atoms with Gasteiger partial charge < -0.3 is 15.7 Å². The topological polar surface area (TPSA) is 61.4 Å². The molecular weight excluding hydrogens is 266 g/mol. The van der Waals surface area contributed by atoms with Crippen LogP contribution in [-0.2, 0) is 6.54 Å². The highest BCUT2D eigenvalue weighted by molar-refractivity contribution is 5.90. The van der Waals surface area contributed by atoms with Gasteiger partial charge in [-0.1, -0.05) is 30.3 Å². The largest absolute Gasteiger partial charge is 0.503 e. The van der Waals surface area contributed by atoms with Crippen molar-refractivity contribution in [3.63, 3.8) is 0 Å². The summed E-state index contributed by atoms with van der Waals surface area (Å²) in [5.41, 5.74) is 0.547. The third-order valence-electron chi connectivity index (χ3n) is 2.57. The van der Waals surface area contributed by atoms with Gasteiger partial charge in [0.1, 0.15) is 5.82 Å². The summed E-state index contributed by atoms with van der Waals surface area (Å²) in [4.78, 5) is 11.6. The summed E-state index contributed by atoms with van der Waals surface area (Å²) in [5, 5.41) is 14.1. The maximum Gasteiger partial charge on any atom is 0.319 e. The second-order valence-electron chi connectivity index (χ2n) is 4.08. The Labute approximate surface area is 114 Å². The molecule has 6 heteroatoms. The number of aromatic hydroxyl groups is 1. The van der Waals surface area contributed by atoms with Crippen LogP contribution >= 0.6 is 0 Å². The van der Waals surface area contributed by atoms with E-state index in [0.29, 0.717) is 6.07 Å². The van der Waals surface area contributed by atoms with E-state index < -0.39 is 23.4 Å². The van der Waals surface area contributed by atoms with Crippen LogP contribution in [0.15, 0.2) is 42.5 Å². The predicted octanol–water partition coefficient (Wildman–Crippen LogP) is 2.99. The van der Waals surface area contributed by atoms with E-state index in [1.165, 1.54) is 0 Å². The van der Waals surface area contributed by atoms with Gasteiger partial charge in [-0.3, -0.25) is 0 Å². The zero-order valence-electron chi connectivity index (χ0n) is 10.4. The van der Waals surface area contributed by atoms with Crippen LogP contribution in [-0.4, -0.2) is 11.1 Å². The van der Waals surface area contributed by atoms with Crippen LogP contribution in [0.5, 0.6) is 5.75 Å². The molecule has 0 heterocycles. The van der Waals surface area contributed by atoms with Crippen molar-refractivity contribution in [2.45, 2.75) is 6.54 Å². The fraction of sp³-hybridized carbons (Fsp3) is 0.0714. The summed E-state index contributed by atoms with van der Waals surface area (Å²) in [7, 11) is 0. The molecule has 0 radical (unpaired) electrons. The Morgan fingerprint density at radius 2 is 1.85 bits per heavy atom. The Morgan fingerprint density at radius 1 is 1.15 bits per heavy atom. The van der Waals surface area contributed by atoms with Crippen molar-refractivity contribution in [1.82, 2.24) is 5.32 Å². The zero-order valence-corrected chi connectivity index (χ0v) is 10.4. The highest BCUT2D eigenvalue weighted by Crippen LogP contribution is 2.27. The molecule has 2 aromatic rings. The molecule has 0 atom stereocenters. The number of rotatable bonds is 3. The van der Waals surface area contributed by atoms with E-state index in [1.54, 1.807) is 0 Å². The van der Waals surface area contributed by atoms with E-state index in [2.05, 4.69) is 10.6 Å². The summed E-state index contributed by atoms with van der Waals surface area (Å²) in [6.07, 6.45) is 0. The van der Waals surface area contributed by atoms with Crippen molar-refractivity contribution in [1.29, 1.82) is 0 Å². The molecule has 2 rings (SSSR count). The van der Waals surface area contributed by atoms with Gasteiger partial charge in [-0.25, -0.2) is 13.6 Å². The number of hydrogen-bond donors (Lipinski definition) is 3. The fourth-order valence-electron chi connectivity index (χ4n) is 1.61. The van der Waals surface area contributed by atoms with Gasteiger partial charge in [-0.05, 0) is 5.56 Å². The van der Waals surface area contributed by atoms with Gasteiger partial charge in [-0.2, -0.15) is 0 Å². The molecule has 0 fully saturated rings. The second-order valence-corrected chi connectivity index (χ2v) is 4.08. The number of hydrogen-bond acceptors (Lipinski definition) is 2. The highest BCUT2D eigenvalue weighted by Gasteiger charge is 2.12. The van der Waals surface area contributed by atoms with Crippen molar-refractivity contribution in [3.05, 3.63) is 59.7 Å². The van der Waals surface area contributed by atoms with Crippen molar-refractivity contribution >= 4 is 11.7 Å². The smallest absolute Gasteiger partial charge is 0.319 e. The van der Waals surface area contributed by atoms with Gasteiger partial charge in [0.2, 0.25) is 0 Å². The first-order valence-corrected chi connectivity index (χ1v) is 5.83. The maximum atomic E-state index is 13.1. The molecule has 3 N–H and O–H groups in total. The molecule has 4 nitrogen and oxygen atoms in total. The molecule has 0 saturated carbocycles. The minimum atomic E-state index is -1.14. The van der Waals surface area contributed by atoms with E-state index in [0.717, 1.165) is 11.6 Å². The van der Waals surface area contributed by atoms with Gasteiger partial charge in [0.05, 0.1) is 5.69 Å². The van der Waals surface area contributed by atoms with Crippen LogP contribution in [0.3, 0.4) is 0 Å². The van der Waals surface area contributed by atoms with E-state index in [4.69, 9.17) is 0 Å². The van der Waals surface area contributed by atoms with E-state index in [9.17, 15) is 18.7 Å². The molecule has 20 heavy (non-hydrogen) atoms. The number of carbonyl (C=O) groups is 1. The van der Waals surface area contributed by atoms with Gasteiger partial charge in [0.25, 0.3) is 0 Å². The number of phenolic OH excluding ortho intramolecular Hbond substituents is 1. The highest BCUT2D eigenvalue weighted by atomic mass is 19.1. The minimum absolute atomic E-state index is 0.255. The third kappa shape index (κ3) is 3.44. The fourth-order valence-corrected chi connectivity index (χ4v) is 1.61. The quantitative estimate of drug-likeness (QED) is 0.756.